The van der Waals surface area contributed by atoms with E-state index in [0.717, 1.165) is 39.1 Å². The Morgan fingerprint density at radius 1 is 0.929 bits per heavy atom. The van der Waals surface area contributed by atoms with Crippen molar-refractivity contribution in [1.29, 1.82) is 0 Å². The van der Waals surface area contributed by atoms with Gasteiger partial charge in [0.25, 0.3) is 0 Å². The third-order valence-electron chi connectivity index (χ3n) is 1.70. The van der Waals surface area contributed by atoms with E-state index in [4.69, 9.17) is 15.3 Å². The van der Waals surface area contributed by atoms with E-state index in [1.807, 2.05) is 7.05 Å². The molecular formula is C9H23N3O2. The van der Waals surface area contributed by atoms with Crippen LogP contribution in [-0.2, 0) is 9.47 Å². The van der Waals surface area contributed by atoms with Crippen molar-refractivity contribution in [2.75, 3.05) is 46.6 Å². The van der Waals surface area contributed by atoms with Gasteiger partial charge in [0.2, 0.25) is 0 Å². The highest BCUT2D eigenvalue weighted by Crippen LogP contribution is 1.84. The molecule has 0 aromatic rings. The number of nitrogens with one attached hydrogen (secondary N) is 2. The van der Waals surface area contributed by atoms with Crippen LogP contribution in [-0.4, -0.2) is 46.6 Å². The normalized spacial score (nSPS) is 10.7. The van der Waals surface area contributed by atoms with Crippen molar-refractivity contribution in [2.45, 2.75) is 12.8 Å². The van der Waals surface area contributed by atoms with Gasteiger partial charge in [-0.05, 0) is 26.4 Å². The van der Waals surface area contributed by atoms with E-state index in [0.29, 0.717) is 13.2 Å². The zero-order chi connectivity index (χ0) is 10.5. The van der Waals surface area contributed by atoms with Crippen LogP contribution in [0.1, 0.15) is 12.8 Å². The topological polar surface area (TPSA) is 68.5 Å². The van der Waals surface area contributed by atoms with Crippen molar-refractivity contribution < 1.29 is 9.47 Å². The van der Waals surface area contributed by atoms with Crippen LogP contribution in [0.4, 0.5) is 0 Å². The summed E-state index contributed by atoms with van der Waals surface area (Å²) < 4.78 is 10.6. The summed E-state index contributed by atoms with van der Waals surface area (Å²) in [5.74, 6) is 5.10. The molecule has 4 N–H and O–H groups in total. The first-order valence-electron chi connectivity index (χ1n) is 5.15. The Labute approximate surface area is 86.3 Å². The molecule has 0 unspecified atom stereocenters. The van der Waals surface area contributed by atoms with Gasteiger partial charge in [-0.2, -0.15) is 0 Å². The molecule has 0 heterocycles. The first-order chi connectivity index (χ1) is 6.91. The lowest BCUT2D eigenvalue weighted by Gasteiger charge is -2.05. The fourth-order valence-electron chi connectivity index (χ4n) is 0.949. The molecule has 0 rings (SSSR count). The molecule has 14 heavy (non-hydrogen) atoms. The van der Waals surface area contributed by atoms with Gasteiger partial charge >= 0.3 is 0 Å². The highest BCUT2D eigenvalue weighted by Gasteiger charge is 1.90. The Kier molecular flexibility index (Phi) is 12.6. The molecule has 0 amide bonds. The summed E-state index contributed by atoms with van der Waals surface area (Å²) in [6.45, 7) is 4.69. The predicted molar refractivity (Wildman–Crippen MR) is 57.0 cm³/mol. The highest BCUT2D eigenvalue weighted by molar-refractivity contribution is 4.40. The quantitative estimate of drug-likeness (QED) is 0.241. The molecule has 5 heteroatoms. The Morgan fingerprint density at radius 2 is 1.50 bits per heavy atom. The maximum absolute atomic E-state index is 5.34. The number of ether oxygens (including phenoxy) is 2. The molecule has 0 aliphatic carbocycles. The van der Waals surface area contributed by atoms with E-state index in [1.54, 1.807) is 0 Å². The monoisotopic (exact) mass is 205 g/mol. The lowest BCUT2D eigenvalue weighted by molar-refractivity contribution is 0.0463. The van der Waals surface area contributed by atoms with Crippen molar-refractivity contribution in [1.82, 2.24) is 10.7 Å². The van der Waals surface area contributed by atoms with E-state index in [1.165, 1.54) is 0 Å². The Bertz CT molecular complexity index is 92.1. The summed E-state index contributed by atoms with van der Waals surface area (Å²) in [6, 6.07) is 0. The highest BCUT2D eigenvalue weighted by atomic mass is 16.5. The minimum absolute atomic E-state index is 0.671. The average Bonchev–Trinajstić information content (AvgIpc) is 2.21. The molecule has 0 radical (unpaired) electrons. The Balaban J connectivity index is 2.78. The molecule has 86 valence electrons. The van der Waals surface area contributed by atoms with Gasteiger partial charge in [-0.25, -0.2) is 0 Å². The molecule has 0 spiro atoms. The largest absolute Gasteiger partial charge is 0.379 e. The molecule has 0 saturated carbocycles. The molecule has 0 aromatic heterocycles. The van der Waals surface area contributed by atoms with E-state index in [9.17, 15) is 0 Å². The van der Waals surface area contributed by atoms with Crippen LogP contribution in [0, 0.1) is 0 Å². The fourth-order valence-corrected chi connectivity index (χ4v) is 0.949. The van der Waals surface area contributed by atoms with E-state index in [2.05, 4.69) is 10.7 Å². The third kappa shape index (κ3) is 11.8. The molecule has 0 atom stereocenters. The molecule has 0 fully saturated rings. The second-order valence-corrected chi connectivity index (χ2v) is 2.99. The zero-order valence-electron chi connectivity index (χ0n) is 9.05. The average molecular weight is 205 g/mol. The molecule has 0 aliphatic heterocycles. The molecule has 0 aromatic carbocycles. The van der Waals surface area contributed by atoms with Crippen molar-refractivity contribution in [3.8, 4) is 0 Å². The Morgan fingerprint density at radius 3 is 2.00 bits per heavy atom. The molecular weight excluding hydrogens is 182 g/mol. The summed E-state index contributed by atoms with van der Waals surface area (Å²) >= 11 is 0. The summed E-state index contributed by atoms with van der Waals surface area (Å²) in [5.41, 5.74) is 2.57. The van der Waals surface area contributed by atoms with Crippen molar-refractivity contribution in [2.24, 2.45) is 5.84 Å². The van der Waals surface area contributed by atoms with Crippen LogP contribution in [0.15, 0.2) is 0 Å². The van der Waals surface area contributed by atoms with Gasteiger partial charge in [-0.3, -0.25) is 11.3 Å². The van der Waals surface area contributed by atoms with Crippen molar-refractivity contribution in [3.63, 3.8) is 0 Å². The maximum Gasteiger partial charge on any atom is 0.0700 e. The Hall–Kier alpha value is -0.200. The first-order valence-corrected chi connectivity index (χ1v) is 5.15. The number of hydrogen-bond acceptors (Lipinski definition) is 5. The van der Waals surface area contributed by atoms with Gasteiger partial charge in [0, 0.05) is 19.8 Å². The van der Waals surface area contributed by atoms with Crippen LogP contribution < -0.4 is 16.6 Å². The summed E-state index contributed by atoms with van der Waals surface area (Å²) in [6.07, 6.45) is 1.99. The lowest BCUT2D eigenvalue weighted by Crippen LogP contribution is -2.24. The number of hydrazine groups is 1. The van der Waals surface area contributed by atoms with E-state index >= 15 is 0 Å². The smallest absolute Gasteiger partial charge is 0.0700 e. The van der Waals surface area contributed by atoms with Crippen LogP contribution in [0.2, 0.25) is 0 Å². The third-order valence-corrected chi connectivity index (χ3v) is 1.70. The van der Waals surface area contributed by atoms with Crippen molar-refractivity contribution >= 4 is 0 Å². The summed E-state index contributed by atoms with van der Waals surface area (Å²) in [7, 11) is 1.94. The van der Waals surface area contributed by atoms with E-state index in [-0.39, 0.29) is 0 Å². The molecule has 0 aliphatic rings. The van der Waals surface area contributed by atoms with Gasteiger partial charge in [0.1, 0.15) is 0 Å². The number of hydrogen-bond donors (Lipinski definition) is 3. The van der Waals surface area contributed by atoms with Gasteiger partial charge in [-0.1, -0.05) is 0 Å². The zero-order valence-corrected chi connectivity index (χ0v) is 9.05. The second kappa shape index (κ2) is 12.8. The fraction of sp³-hybridized carbons (Fsp3) is 1.00. The number of rotatable bonds is 11. The molecule has 5 nitrogen and oxygen atoms in total. The lowest BCUT2D eigenvalue weighted by atomic mass is 10.4. The van der Waals surface area contributed by atoms with Crippen LogP contribution in [0.3, 0.4) is 0 Å². The van der Waals surface area contributed by atoms with Gasteiger partial charge in [0.05, 0.1) is 13.2 Å². The minimum atomic E-state index is 0.671. The van der Waals surface area contributed by atoms with Crippen LogP contribution >= 0.6 is 0 Å². The summed E-state index contributed by atoms with van der Waals surface area (Å²) in [4.78, 5) is 0. The first kappa shape index (κ1) is 13.8. The number of nitrogens with two attached hydrogens (primary N) is 1. The predicted octanol–water partition coefficient (Wildman–Crippen LogP) is -0.517. The summed E-state index contributed by atoms with van der Waals surface area (Å²) in [5, 5.41) is 3.06. The van der Waals surface area contributed by atoms with Crippen LogP contribution in [0.25, 0.3) is 0 Å². The van der Waals surface area contributed by atoms with Gasteiger partial charge < -0.3 is 14.8 Å². The van der Waals surface area contributed by atoms with Gasteiger partial charge in [0.15, 0.2) is 0 Å². The standard InChI is InChI=1S/C9H23N3O2/c1-11-4-2-6-13-8-9-14-7-3-5-12-10/h11-12H,2-10H2,1H3. The van der Waals surface area contributed by atoms with Crippen LogP contribution in [0.5, 0.6) is 0 Å². The van der Waals surface area contributed by atoms with Gasteiger partial charge in [-0.15, -0.1) is 0 Å². The van der Waals surface area contributed by atoms with E-state index < -0.39 is 0 Å². The van der Waals surface area contributed by atoms with Crippen molar-refractivity contribution in [3.05, 3.63) is 0 Å². The SMILES string of the molecule is CNCCCOCCOCCCNN. The second-order valence-electron chi connectivity index (χ2n) is 2.99. The minimum Gasteiger partial charge on any atom is -0.379 e. The molecule has 0 bridgehead atoms. The molecule has 0 saturated heterocycles. The maximum atomic E-state index is 5.34.